The fourth-order valence-electron chi connectivity index (χ4n) is 1.34. The van der Waals surface area contributed by atoms with Crippen LogP contribution in [0.5, 0.6) is 0 Å². The molecule has 7 heteroatoms. The van der Waals surface area contributed by atoms with Crippen LogP contribution in [-0.2, 0) is 7.05 Å². The van der Waals surface area contributed by atoms with Gasteiger partial charge in [0.05, 0.1) is 5.69 Å². The number of halogens is 1. The van der Waals surface area contributed by atoms with Crippen LogP contribution < -0.4 is 5.32 Å². The molecule has 84 valence electrons. The van der Waals surface area contributed by atoms with Gasteiger partial charge in [-0.15, -0.1) is 5.10 Å². The molecule has 2 rings (SSSR count). The third-order valence-electron chi connectivity index (χ3n) is 2.02. The van der Waals surface area contributed by atoms with Gasteiger partial charge in [0, 0.05) is 19.8 Å². The zero-order valence-corrected chi connectivity index (χ0v) is 10.6. The van der Waals surface area contributed by atoms with Crippen LogP contribution in [0.2, 0.25) is 0 Å². The first-order valence-electron chi connectivity index (χ1n) is 4.85. The second-order valence-electron chi connectivity index (χ2n) is 3.15. The van der Waals surface area contributed by atoms with E-state index in [1.54, 1.807) is 10.9 Å². The van der Waals surface area contributed by atoms with Crippen molar-refractivity contribution in [3.8, 4) is 11.4 Å². The van der Waals surface area contributed by atoms with Gasteiger partial charge in [-0.1, -0.05) is 5.21 Å². The molecule has 0 spiro atoms. The van der Waals surface area contributed by atoms with Gasteiger partial charge in [-0.2, -0.15) is 0 Å². The van der Waals surface area contributed by atoms with E-state index in [-0.39, 0.29) is 0 Å². The summed E-state index contributed by atoms with van der Waals surface area (Å²) in [6, 6.07) is 1.82. The van der Waals surface area contributed by atoms with Crippen LogP contribution >= 0.6 is 15.9 Å². The Kier molecular flexibility index (Phi) is 3.14. The maximum Gasteiger partial charge on any atom is 0.223 e. The molecule has 6 nitrogen and oxygen atoms in total. The second-order valence-corrected chi connectivity index (χ2v) is 3.90. The molecular weight excluding hydrogens is 272 g/mol. The molecule has 2 aromatic rings. The quantitative estimate of drug-likeness (QED) is 0.923. The molecule has 0 unspecified atom stereocenters. The molecule has 0 aliphatic rings. The van der Waals surface area contributed by atoms with Crippen molar-refractivity contribution in [3.63, 3.8) is 0 Å². The zero-order valence-electron chi connectivity index (χ0n) is 8.98. The summed E-state index contributed by atoms with van der Waals surface area (Å²) in [6.45, 7) is 2.78. The van der Waals surface area contributed by atoms with Crippen LogP contribution in [0.3, 0.4) is 0 Å². The molecular formula is C9H11BrN6. The summed E-state index contributed by atoms with van der Waals surface area (Å²) in [5, 5.41) is 10.9. The predicted molar refractivity (Wildman–Crippen MR) is 63.9 cm³/mol. The average Bonchev–Trinajstić information content (AvgIpc) is 2.59. The predicted octanol–water partition coefficient (Wildman–Crippen LogP) is 1.47. The van der Waals surface area contributed by atoms with Crippen molar-refractivity contribution in [2.24, 2.45) is 7.05 Å². The van der Waals surface area contributed by atoms with Gasteiger partial charge in [0.2, 0.25) is 5.95 Å². The van der Waals surface area contributed by atoms with Crippen LogP contribution in [0, 0.1) is 0 Å². The van der Waals surface area contributed by atoms with Gasteiger partial charge in [-0.05, 0) is 28.9 Å². The first-order valence-corrected chi connectivity index (χ1v) is 5.64. The lowest BCUT2D eigenvalue weighted by molar-refractivity contribution is 0.718. The highest BCUT2D eigenvalue weighted by Crippen LogP contribution is 2.23. The molecule has 0 aromatic carbocycles. The minimum atomic E-state index is 0.605. The second kappa shape index (κ2) is 4.56. The van der Waals surface area contributed by atoms with Crippen molar-refractivity contribution in [1.29, 1.82) is 0 Å². The molecule has 0 fully saturated rings. The van der Waals surface area contributed by atoms with Gasteiger partial charge in [-0.3, -0.25) is 0 Å². The molecule has 2 aromatic heterocycles. The highest BCUT2D eigenvalue weighted by atomic mass is 79.9. The molecule has 0 atom stereocenters. The van der Waals surface area contributed by atoms with Crippen molar-refractivity contribution >= 4 is 21.9 Å². The maximum absolute atomic E-state index is 4.37. The van der Waals surface area contributed by atoms with Gasteiger partial charge in [0.1, 0.15) is 5.69 Å². The largest absolute Gasteiger partial charge is 0.354 e. The van der Waals surface area contributed by atoms with Crippen LogP contribution in [-0.4, -0.2) is 31.5 Å². The molecule has 0 bridgehead atoms. The minimum absolute atomic E-state index is 0.605. The van der Waals surface area contributed by atoms with Crippen molar-refractivity contribution in [2.75, 3.05) is 11.9 Å². The lowest BCUT2D eigenvalue weighted by Crippen LogP contribution is -2.03. The van der Waals surface area contributed by atoms with Gasteiger partial charge < -0.3 is 5.32 Å². The number of hydrogen-bond donors (Lipinski definition) is 1. The normalized spacial score (nSPS) is 10.4. The third kappa shape index (κ3) is 2.04. The molecule has 2 heterocycles. The average molecular weight is 283 g/mol. The Balaban J connectivity index is 2.44. The summed E-state index contributed by atoms with van der Waals surface area (Å²) in [5.74, 6) is 0.605. The van der Waals surface area contributed by atoms with E-state index >= 15 is 0 Å². The minimum Gasteiger partial charge on any atom is -0.354 e. The topological polar surface area (TPSA) is 68.5 Å². The SMILES string of the molecule is CCNc1nccc(-c2c(Br)nnn2C)n1. The molecule has 16 heavy (non-hydrogen) atoms. The molecule has 0 aliphatic heterocycles. The highest BCUT2D eigenvalue weighted by Gasteiger charge is 2.12. The van der Waals surface area contributed by atoms with Crippen molar-refractivity contribution < 1.29 is 0 Å². The zero-order chi connectivity index (χ0) is 11.5. The Hall–Kier alpha value is -1.50. The molecule has 0 aliphatic carbocycles. The van der Waals surface area contributed by atoms with Gasteiger partial charge in [-0.25, -0.2) is 14.6 Å². The van der Waals surface area contributed by atoms with Crippen molar-refractivity contribution in [1.82, 2.24) is 25.0 Å². The number of hydrogen-bond acceptors (Lipinski definition) is 5. The third-order valence-corrected chi connectivity index (χ3v) is 2.55. The Bertz CT molecular complexity index is 475. The van der Waals surface area contributed by atoms with E-state index in [0.717, 1.165) is 17.9 Å². The van der Waals surface area contributed by atoms with E-state index in [1.165, 1.54) is 0 Å². The first-order chi connectivity index (χ1) is 7.72. The fourth-order valence-corrected chi connectivity index (χ4v) is 1.87. The lowest BCUT2D eigenvalue weighted by Gasteiger charge is -2.04. The smallest absolute Gasteiger partial charge is 0.223 e. The molecule has 0 saturated heterocycles. The summed E-state index contributed by atoms with van der Waals surface area (Å²) < 4.78 is 2.35. The van der Waals surface area contributed by atoms with Gasteiger partial charge >= 0.3 is 0 Å². The molecule has 0 radical (unpaired) electrons. The number of anilines is 1. The highest BCUT2D eigenvalue weighted by molar-refractivity contribution is 9.10. The van der Waals surface area contributed by atoms with E-state index in [4.69, 9.17) is 0 Å². The summed E-state index contributed by atoms with van der Waals surface area (Å²) in [5.41, 5.74) is 1.62. The molecule has 1 N–H and O–H groups in total. The van der Waals surface area contributed by atoms with Gasteiger partial charge in [0.15, 0.2) is 4.60 Å². The van der Waals surface area contributed by atoms with Crippen LogP contribution in [0.1, 0.15) is 6.92 Å². The maximum atomic E-state index is 4.37. The van der Waals surface area contributed by atoms with E-state index in [2.05, 4.69) is 41.5 Å². The summed E-state index contributed by atoms with van der Waals surface area (Å²) >= 11 is 3.34. The summed E-state index contributed by atoms with van der Waals surface area (Å²) in [6.07, 6.45) is 1.71. The van der Waals surface area contributed by atoms with Crippen molar-refractivity contribution in [3.05, 3.63) is 16.9 Å². The Morgan fingerprint density at radius 3 is 2.94 bits per heavy atom. The standard InChI is InChI=1S/C9H11BrN6/c1-3-11-9-12-5-4-6(13-9)7-8(10)14-15-16(7)2/h4-5H,3H2,1-2H3,(H,11,12,13). The van der Waals surface area contributed by atoms with E-state index < -0.39 is 0 Å². The van der Waals surface area contributed by atoms with Crippen molar-refractivity contribution in [2.45, 2.75) is 6.92 Å². The number of rotatable bonds is 3. The summed E-state index contributed by atoms with van der Waals surface area (Å²) in [7, 11) is 1.82. The number of nitrogens with zero attached hydrogens (tertiary/aromatic N) is 5. The summed E-state index contributed by atoms with van der Waals surface area (Å²) in [4.78, 5) is 8.48. The van der Waals surface area contributed by atoms with Crippen LogP contribution in [0.15, 0.2) is 16.9 Å². The van der Waals surface area contributed by atoms with Crippen LogP contribution in [0.25, 0.3) is 11.4 Å². The van der Waals surface area contributed by atoms with E-state index in [1.807, 2.05) is 20.0 Å². The Morgan fingerprint density at radius 1 is 1.50 bits per heavy atom. The number of nitrogens with one attached hydrogen (secondary N) is 1. The lowest BCUT2D eigenvalue weighted by atomic mass is 10.3. The molecule has 0 amide bonds. The number of aromatic nitrogens is 5. The van der Waals surface area contributed by atoms with E-state index in [0.29, 0.717) is 10.6 Å². The monoisotopic (exact) mass is 282 g/mol. The Labute approximate surface area is 101 Å². The fraction of sp³-hybridized carbons (Fsp3) is 0.333. The number of aryl methyl sites for hydroxylation is 1. The first kappa shape index (κ1) is 11.0. The van der Waals surface area contributed by atoms with Gasteiger partial charge in [0.25, 0.3) is 0 Å². The van der Waals surface area contributed by atoms with Crippen LogP contribution in [0.4, 0.5) is 5.95 Å². The Morgan fingerprint density at radius 2 is 2.31 bits per heavy atom. The molecule has 0 saturated carbocycles. The van der Waals surface area contributed by atoms with E-state index in [9.17, 15) is 0 Å².